The van der Waals surface area contributed by atoms with E-state index in [4.69, 9.17) is 11.5 Å². The van der Waals surface area contributed by atoms with Gasteiger partial charge >= 0.3 is 0 Å². The van der Waals surface area contributed by atoms with Crippen LogP contribution in [-0.4, -0.2) is 11.5 Å². The van der Waals surface area contributed by atoms with Crippen LogP contribution in [0.2, 0.25) is 0 Å². The van der Waals surface area contributed by atoms with Gasteiger partial charge in [-0.1, -0.05) is 12.1 Å². The summed E-state index contributed by atoms with van der Waals surface area (Å²) >= 11 is 0. The Kier molecular flexibility index (Phi) is 2.27. The van der Waals surface area contributed by atoms with Crippen LogP contribution in [0.15, 0.2) is 24.4 Å². The van der Waals surface area contributed by atoms with Gasteiger partial charge < -0.3 is 16.5 Å². The maximum absolute atomic E-state index is 5.93. The van der Waals surface area contributed by atoms with Gasteiger partial charge in [-0.25, -0.2) is 0 Å². The molecule has 3 heteroatoms. The van der Waals surface area contributed by atoms with Gasteiger partial charge in [-0.05, 0) is 24.1 Å². The van der Waals surface area contributed by atoms with Gasteiger partial charge in [0.1, 0.15) is 0 Å². The van der Waals surface area contributed by atoms with Crippen molar-refractivity contribution in [2.24, 2.45) is 11.5 Å². The van der Waals surface area contributed by atoms with Crippen LogP contribution in [0.25, 0.3) is 10.9 Å². The van der Waals surface area contributed by atoms with E-state index < -0.39 is 0 Å². The first kappa shape index (κ1) is 9.24. The van der Waals surface area contributed by atoms with Crippen LogP contribution in [0.3, 0.4) is 0 Å². The van der Waals surface area contributed by atoms with E-state index in [0.29, 0.717) is 6.54 Å². The first-order chi connectivity index (χ1) is 6.74. The lowest BCUT2D eigenvalue weighted by Gasteiger charge is -2.08. The van der Waals surface area contributed by atoms with Crippen molar-refractivity contribution in [1.29, 1.82) is 0 Å². The third-order valence-electron chi connectivity index (χ3n) is 2.60. The van der Waals surface area contributed by atoms with Crippen molar-refractivity contribution in [2.75, 3.05) is 6.54 Å². The molecule has 0 spiro atoms. The van der Waals surface area contributed by atoms with Gasteiger partial charge in [0.05, 0.1) is 0 Å². The maximum Gasteiger partial charge on any atom is 0.0460 e. The largest absolute Gasteiger partial charge is 0.361 e. The Morgan fingerprint density at radius 3 is 2.93 bits per heavy atom. The highest BCUT2D eigenvalue weighted by molar-refractivity contribution is 5.86. The summed E-state index contributed by atoms with van der Waals surface area (Å²) in [5.41, 5.74) is 15.0. The first-order valence-electron chi connectivity index (χ1n) is 4.76. The van der Waals surface area contributed by atoms with E-state index >= 15 is 0 Å². The number of hydrogen-bond acceptors (Lipinski definition) is 2. The van der Waals surface area contributed by atoms with Crippen molar-refractivity contribution >= 4 is 10.9 Å². The molecular formula is C11H15N3. The molecule has 0 bridgehead atoms. The number of aromatic amines is 1. The standard InChI is InChI=1S/C11H15N3/c1-7-3-2-4-10-11(7)8(6-14-10)9(13)5-12/h2-4,6,9,14H,5,12-13H2,1H3. The lowest BCUT2D eigenvalue weighted by molar-refractivity contribution is 0.742. The van der Waals surface area contributed by atoms with Crippen molar-refractivity contribution in [3.63, 3.8) is 0 Å². The van der Waals surface area contributed by atoms with E-state index in [1.54, 1.807) is 0 Å². The summed E-state index contributed by atoms with van der Waals surface area (Å²) in [5, 5.41) is 1.21. The SMILES string of the molecule is Cc1cccc2[nH]cc(C(N)CN)c12. The second-order valence-electron chi connectivity index (χ2n) is 3.58. The van der Waals surface area contributed by atoms with Crippen molar-refractivity contribution < 1.29 is 0 Å². The van der Waals surface area contributed by atoms with E-state index in [0.717, 1.165) is 11.1 Å². The summed E-state index contributed by atoms with van der Waals surface area (Å²) < 4.78 is 0. The minimum Gasteiger partial charge on any atom is -0.361 e. The van der Waals surface area contributed by atoms with Gasteiger partial charge in [-0.2, -0.15) is 0 Å². The van der Waals surface area contributed by atoms with Gasteiger partial charge in [0.2, 0.25) is 0 Å². The summed E-state index contributed by atoms with van der Waals surface area (Å²) in [7, 11) is 0. The molecule has 0 amide bonds. The Morgan fingerprint density at radius 2 is 2.21 bits per heavy atom. The number of hydrogen-bond donors (Lipinski definition) is 3. The Labute approximate surface area is 83.1 Å². The van der Waals surface area contributed by atoms with Crippen LogP contribution in [-0.2, 0) is 0 Å². The molecule has 0 saturated carbocycles. The molecule has 0 radical (unpaired) electrons. The molecule has 74 valence electrons. The van der Waals surface area contributed by atoms with E-state index in [9.17, 15) is 0 Å². The quantitative estimate of drug-likeness (QED) is 0.669. The summed E-state index contributed by atoms with van der Waals surface area (Å²) in [5.74, 6) is 0. The molecule has 0 aliphatic carbocycles. The number of H-pyrrole nitrogens is 1. The number of benzene rings is 1. The minimum absolute atomic E-state index is 0.0788. The van der Waals surface area contributed by atoms with Crippen LogP contribution < -0.4 is 11.5 Å². The fourth-order valence-corrected chi connectivity index (χ4v) is 1.82. The first-order valence-corrected chi connectivity index (χ1v) is 4.76. The molecule has 1 heterocycles. The van der Waals surface area contributed by atoms with Crippen molar-refractivity contribution in [2.45, 2.75) is 13.0 Å². The molecule has 3 nitrogen and oxygen atoms in total. The molecule has 14 heavy (non-hydrogen) atoms. The Morgan fingerprint density at radius 1 is 1.43 bits per heavy atom. The summed E-state index contributed by atoms with van der Waals surface area (Å²) in [6.07, 6.45) is 1.95. The van der Waals surface area contributed by atoms with Gasteiger partial charge in [0, 0.05) is 29.7 Å². The topological polar surface area (TPSA) is 67.8 Å². The highest BCUT2D eigenvalue weighted by Crippen LogP contribution is 2.25. The lowest BCUT2D eigenvalue weighted by Crippen LogP contribution is -2.20. The van der Waals surface area contributed by atoms with E-state index in [-0.39, 0.29) is 6.04 Å². The van der Waals surface area contributed by atoms with Crippen molar-refractivity contribution in [1.82, 2.24) is 4.98 Å². The lowest BCUT2D eigenvalue weighted by atomic mass is 10.0. The fraction of sp³-hybridized carbons (Fsp3) is 0.273. The normalized spacial score (nSPS) is 13.4. The molecule has 2 rings (SSSR count). The Balaban J connectivity index is 2.67. The highest BCUT2D eigenvalue weighted by atomic mass is 14.8. The highest BCUT2D eigenvalue weighted by Gasteiger charge is 2.11. The predicted molar refractivity (Wildman–Crippen MR) is 59.0 cm³/mol. The van der Waals surface area contributed by atoms with Crippen LogP contribution >= 0.6 is 0 Å². The molecule has 0 saturated heterocycles. The second kappa shape index (κ2) is 3.44. The zero-order valence-electron chi connectivity index (χ0n) is 8.25. The van der Waals surface area contributed by atoms with E-state index in [1.807, 2.05) is 12.3 Å². The summed E-state index contributed by atoms with van der Waals surface area (Å²) in [6, 6.07) is 6.09. The summed E-state index contributed by atoms with van der Waals surface area (Å²) in [4.78, 5) is 3.21. The van der Waals surface area contributed by atoms with Crippen LogP contribution in [0.1, 0.15) is 17.2 Å². The van der Waals surface area contributed by atoms with Crippen molar-refractivity contribution in [3.8, 4) is 0 Å². The number of nitrogens with two attached hydrogens (primary N) is 2. The molecular weight excluding hydrogens is 174 g/mol. The number of aryl methyl sites for hydroxylation is 1. The van der Waals surface area contributed by atoms with Gasteiger partial charge in [0.15, 0.2) is 0 Å². The molecule has 1 unspecified atom stereocenters. The van der Waals surface area contributed by atoms with E-state index in [1.165, 1.54) is 10.9 Å². The molecule has 1 atom stereocenters. The zero-order valence-corrected chi connectivity index (χ0v) is 8.25. The molecule has 0 fully saturated rings. The molecule has 5 N–H and O–H groups in total. The van der Waals surface area contributed by atoms with Crippen LogP contribution in [0, 0.1) is 6.92 Å². The van der Waals surface area contributed by atoms with Crippen LogP contribution in [0.5, 0.6) is 0 Å². The minimum atomic E-state index is -0.0788. The van der Waals surface area contributed by atoms with Gasteiger partial charge in [0.25, 0.3) is 0 Å². The number of rotatable bonds is 2. The monoisotopic (exact) mass is 189 g/mol. The molecule has 0 aliphatic rings. The smallest absolute Gasteiger partial charge is 0.0460 e. The Hall–Kier alpha value is -1.32. The average molecular weight is 189 g/mol. The zero-order chi connectivity index (χ0) is 10.1. The maximum atomic E-state index is 5.93. The third kappa shape index (κ3) is 1.31. The number of fused-ring (bicyclic) bond motifs is 1. The van der Waals surface area contributed by atoms with Crippen LogP contribution in [0.4, 0.5) is 0 Å². The number of aromatic nitrogens is 1. The predicted octanol–water partition coefficient (Wildman–Crippen LogP) is 1.43. The second-order valence-corrected chi connectivity index (χ2v) is 3.58. The Bertz CT molecular complexity index is 445. The van der Waals surface area contributed by atoms with Gasteiger partial charge in [-0.15, -0.1) is 0 Å². The molecule has 2 aromatic rings. The van der Waals surface area contributed by atoms with Crippen molar-refractivity contribution in [3.05, 3.63) is 35.5 Å². The number of nitrogens with one attached hydrogen (secondary N) is 1. The van der Waals surface area contributed by atoms with Gasteiger partial charge in [-0.3, -0.25) is 0 Å². The van der Waals surface area contributed by atoms with E-state index in [2.05, 4.69) is 24.0 Å². The third-order valence-corrected chi connectivity index (χ3v) is 2.60. The summed E-state index contributed by atoms with van der Waals surface area (Å²) in [6.45, 7) is 2.56. The molecule has 1 aromatic carbocycles. The molecule has 0 aliphatic heterocycles. The molecule has 1 aromatic heterocycles. The fourth-order valence-electron chi connectivity index (χ4n) is 1.82. The average Bonchev–Trinajstić information content (AvgIpc) is 2.62.